The van der Waals surface area contributed by atoms with Gasteiger partial charge in [0, 0.05) is 25.7 Å². The Morgan fingerprint density at radius 2 is 2.10 bits per heavy atom. The highest BCUT2D eigenvalue weighted by Gasteiger charge is 2.30. The Balaban J connectivity index is 1.75. The Morgan fingerprint density at radius 1 is 1.35 bits per heavy atom. The van der Waals surface area contributed by atoms with Crippen molar-refractivity contribution in [3.63, 3.8) is 0 Å². The van der Waals surface area contributed by atoms with Gasteiger partial charge in [0.05, 0.1) is 16.6 Å². The molecule has 2 unspecified atom stereocenters. The van der Waals surface area contributed by atoms with E-state index in [0.717, 1.165) is 29.4 Å². The van der Waals surface area contributed by atoms with Crippen molar-refractivity contribution in [2.24, 2.45) is 5.92 Å². The summed E-state index contributed by atoms with van der Waals surface area (Å²) < 4.78 is 0. The summed E-state index contributed by atoms with van der Waals surface area (Å²) in [4.78, 5) is 13.3. The molecule has 2 fully saturated rings. The van der Waals surface area contributed by atoms with Gasteiger partial charge in [0.25, 0.3) is 0 Å². The van der Waals surface area contributed by atoms with E-state index in [4.69, 9.17) is 16.7 Å². The van der Waals surface area contributed by atoms with Gasteiger partial charge in [0.1, 0.15) is 0 Å². The third-order valence-electron chi connectivity index (χ3n) is 4.30. The summed E-state index contributed by atoms with van der Waals surface area (Å²) in [7, 11) is 0. The highest BCUT2D eigenvalue weighted by Crippen LogP contribution is 2.34. The number of carboxylic acids is 1. The van der Waals surface area contributed by atoms with Crippen LogP contribution in [0.3, 0.4) is 0 Å². The second-order valence-corrected chi connectivity index (χ2v) is 6.04. The smallest absolute Gasteiger partial charge is 0.307 e. The van der Waals surface area contributed by atoms with Crippen molar-refractivity contribution in [1.29, 1.82) is 0 Å². The van der Waals surface area contributed by atoms with E-state index in [-0.39, 0.29) is 12.0 Å². The van der Waals surface area contributed by atoms with Crippen molar-refractivity contribution in [3.8, 4) is 0 Å². The third kappa shape index (κ3) is 2.63. The number of nitrogens with one attached hydrogen (secondary N) is 1. The Kier molecular flexibility index (Phi) is 3.85. The molecule has 5 heteroatoms. The Bertz CT molecular complexity index is 515. The number of nitrogens with zero attached hydrogens (tertiary/aromatic N) is 1. The SMILES string of the molecule is O=C(O)C1CNC(c2ccc(N3CCCC3)c(Cl)c2)C1. The largest absolute Gasteiger partial charge is 0.481 e. The number of hydrogen-bond donors (Lipinski definition) is 2. The summed E-state index contributed by atoms with van der Waals surface area (Å²) in [6.07, 6.45) is 3.08. The molecule has 1 aromatic rings. The second-order valence-electron chi connectivity index (χ2n) is 5.64. The summed E-state index contributed by atoms with van der Waals surface area (Å²) in [5, 5.41) is 13.1. The molecule has 0 aromatic heterocycles. The molecule has 108 valence electrons. The maximum Gasteiger partial charge on any atom is 0.307 e. The second kappa shape index (κ2) is 5.62. The van der Waals surface area contributed by atoms with E-state index in [1.54, 1.807) is 0 Å². The fourth-order valence-electron chi connectivity index (χ4n) is 3.13. The van der Waals surface area contributed by atoms with Gasteiger partial charge in [0.15, 0.2) is 0 Å². The number of aliphatic carboxylic acids is 1. The molecule has 20 heavy (non-hydrogen) atoms. The summed E-state index contributed by atoms with van der Waals surface area (Å²) >= 11 is 6.40. The number of carboxylic acid groups (broad SMARTS) is 1. The molecule has 0 saturated carbocycles. The van der Waals surface area contributed by atoms with Crippen molar-refractivity contribution in [3.05, 3.63) is 28.8 Å². The van der Waals surface area contributed by atoms with Crippen molar-refractivity contribution in [1.82, 2.24) is 5.32 Å². The van der Waals surface area contributed by atoms with Crippen LogP contribution in [0.15, 0.2) is 18.2 Å². The molecule has 2 aliphatic rings. The van der Waals surface area contributed by atoms with Crippen LogP contribution in [0.4, 0.5) is 5.69 Å². The van der Waals surface area contributed by atoms with Crippen LogP contribution in [0, 0.1) is 5.92 Å². The number of anilines is 1. The van der Waals surface area contributed by atoms with Gasteiger partial charge in [0.2, 0.25) is 0 Å². The van der Waals surface area contributed by atoms with Crippen LogP contribution >= 0.6 is 11.6 Å². The summed E-state index contributed by atoms with van der Waals surface area (Å²) in [6.45, 7) is 2.68. The first-order valence-corrected chi connectivity index (χ1v) is 7.53. The molecule has 2 saturated heterocycles. The fraction of sp³-hybridized carbons (Fsp3) is 0.533. The van der Waals surface area contributed by atoms with E-state index in [2.05, 4.69) is 22.3 Å². The lowest BCUT2D eigenvalue weighted by molar-refractivity contribution is -0.141. The molecular formula is C15H19ClN2O2. The van der Waals surface area contributed by atoms with Gasteiger partial charge in [-0.1, -0.05) is 17.7 Å². The highest BCUT2D eigenvalue weighted by atomic mass is 35.5. The van der Waals surface area contributed by atoms with Crippen LogP contribution in [0.1, 0.15) is 30.9 Å². The van der Waals surface area contributed by atoms with E-state index in [1.807, 2.05) is 6.07 Å². The predicted molar refractivity (Wildman–Crippen MR) is 79.4 cm³/mol. The van der Waals surface area contributed by atoms with E-state index in [1.165, 1.54) is 12.8 Å². The number of rotatable bonds is 3. The minimum Gasteiger partial charge on any atom is -0.481 e. The van der Waals surface area contributed by atoms with Crippen LogP contribution in [-0.4, -0.2) is 30.7 Å². The van der Waals surface area contributed by atoms with Gasteiger partial charge in [-0.2, -0.15) is 0 Å². The van der Waals surface area contributed by atoms with Gasteiger partial charge in [-0.3, -0.25) is 4.79 Å². The lowest BCUT2D eigenvalue weighted by atomic mass is 10.00. The molecule has 2 N–H and O–H groups in total. The maximum atomic E-state index is 11.0. The molecule has 0 radical (unpaired) electrons. The van der Waals surface area contributed by atoms with E-state index >= 15 is 0 Å². The van der Waals surface area contributed by atoms with Crippen molar-refractivity contribution in [2.45, 2.75) is 25.3 Å². The predicted octanol–water partition coefficient (Wildman–Crippen LogP) is 2.68. The van der Waals surface area contributed by atoms with Gasteiger partial charge in [-0.15, -0.1) is 0 Å². The highest BCUT2D eigenvalue weighted by molar-refractivity contribution is 6.33. The van der Waals surface area contributed by atoms with Gasteiger partial charge < -0.3 is 15.3 Å². The molecule has 2 aliphatic heterocycles. The number of benzene rings is 1. The molecule has 2 atom stereocenters. The first-order valence-electron chi connectivity index (χ1n) is 7.16. The Hall–Kier alpha value is -1.26. The standard InChI is InChI=1S/C15H19ClN2O2/c16-12-7-10(13-8-11(9-17-13)15(19)20)3-4-14(12)18-5-1-2-6-18/h3-4,7,11,13,17H,1-2,5-6,8-9H2,(H,19,20). The van der Waals surface area contributed by atoms with Crippen LogP contribution in [-0.2, 0) is 4.79 Å². The molecule has 0 amide bonds. The number of carbonyl (C=O) groups is 1. The number of halogens is 1. The first kappa shape index (κ1) is 13.7. The molecule has 0 aliphatic carbocycles. The van der Waals surface area contributed by atoms with E-state index < -0.39 is 5.97 Å². The van der Waals surface area contributed by atoms with Gasteiger partial charge >= 0.3 is 5.97 Å². The van der Waals surface area contributed by atoms with Crippen molar-refractivity contribution in [2.75, 3.05) is 24.5 Å². The van der Waals surface area contributed by atoms with Gasteiger partial charge in [-0.25, -0.2) is 0 Å². The molecular weight excluding hydrogens is 276 g/mol. The van der Waals surface area contributed by atoms with Crippen LogP contribution in [0.5, 0.6) is 0 Å². The lowest BCUT2D eigenvalue weighted by Gasteiger charge is -2.20. The molecule has 2 heterocycles. The van der Waals surface area contributed by atoms with Crippen LogP contribution in [0.2, 0.25) is 5.02 Å². The molecule has 0 spiro atoms. The lowest BCUT2D eigenvalue weighted by Crippen LogP contribution is -2.19. The zero-order valence-corrected chi connectivity index (χ0v) is 12.1. The van der Waals surface area contributed by atoms with E-state index in [9.17, 15) is 4.79 Å². The Labute approximate surface area is 123 Å². The Morgan fingerprint density at radius 3 is 2.70 bits per heavy atom. The monoisotopic (exact) mass is 294 g/mol. The summed E-state index contributed by atoms with van der Waals surface area (Å²) in [5.41, 5.74) is 2.18. The van der Waals surface area contributed by atoms with Crippen molar-refractivity contribution < 1.29 is 9.90 Å². The van der Waals surface area contributed by atoms with Gasteiger partial charge in [-0.05, 0) is 37.0 Å². The summed E-state index contributed by atoms with van der Waals surface area (Å²) in [6, 6.07) is 6.22. The minimum absolute atomic E-state index is 0.0984. The average Bonchev–Trinajstić information content (AvgIpc) is 3.10. The van der Waals surface area contributed by atoms with Crippen molar-refractivity contribution >= 4 is 23.3 Å². The fourth-order valence-corrected chi connectivity index (χ4v) is 3.44. The molecule has 0 bridgehead atoms. The normalized spacial score (nSPS) is 26.1. The van der Waals surface area contributed by atoms with Crippen LogP contribution in [0.25, 0.3) is 0 Å². The average molecular weight is 295 g/mol. The minimum atomic E-state index is -0.722. The van der Waals surface area contributed by atoms with E-state index in [0.29, 0.717) is 13.0 Å². The third-order valence-corrected chi connectivity index (χ3v) is 4.60. The molecule has 3 rings (SSSR count). The first-order chi connectivity index (χ1) is 9.65. The maximum absolute atomic E-state index is 11.0. The zero-order valence-electron chi connectivity index (χ0n) is 11.3. The topological polar surface area (TPSA) is 52.6 Å². The summed E-state index contributed by atoms with van der Waals surface area (Å²) in [5.74, 6) is -1.02. The van der Waals surface area contributed by atoms with Crippen LogP contribution < -0.4 is 10.2 Å². The zero-order chi connectivity index (χ0) is 14.1. The quantitative estimate of drug-likeness (QED) is 0.900. The molecule has 4 nitrogen and oxygen atoms in total. The molecule has 1 aromatic carbocycles. The number of hydrogen-bond acceptors (Lipinski definition) is 3.